The maximum atomic E-state index is 12.1. The van der Waals surface area contributed by atoms with Gasteiger partial charge in [0.2, 0.25) is 0 Å². The molecule has 0 bridgehead atoms. The van der Waals surface area contributed by atoms with Gasteiger partial charge < -0.3 is 15.5 Å². The molecule has 0 radical (unpaired) electrons. The Morgan fingerprint density at radius 3 is 2.86 bits per heavy atom. The van der Waals surface area contributed by atoms with Gasteiger partial charge in [0.25, 0.3) is 11.7 Å². The van der Waals surface area contributed by atoms with Crippen LogP contribution in [0.2, 0.25) is 0 Å². The van der Waals surface area contributed by atoms with Crippen LogP contribution < -0.4 is 5.32 Å². The summed E-state index contributed by atoms with van der Waals surface area (Å²) in [6, 6.07) is 0. The molecule has 0 aliphatic rings. The molecule has 2 rings (SSSR count). The van der Waals surface area contributed by atoms with E-state index < -0.39 is 18.0 Å². The van der Waals surface area contributed by atoms with E-state index in [0.717, 1.165) is 0 Å². The molecule has 3 N–H and O–H groups in total. The normalized spacial score (nSPS) is 12.3. The van der Waals surface area contributed by atoms with E-state index in [0.29, 0.717) is 23.5 Å². The first-order valence-corrected chi connectivity index (χ1v) is 6.41. The summed E-state index contributed by atoms with van der Waals surface area (Å²) in [5.74, 6) is -1.30. The highest BCUT2D eigenvalue weighted by Crippen LogP contribution is 2.09. The molecule has 0 unspecified atom stereocenters. The monoisotopic (exact) mass is 293 g/mol. The molecule has 9 nitrogen and oxygen atoms in total. The van der Waals surface area contributed by atoms with Crippen LogP contribution in [0.4, 0.5) is 0 Å². The number of hydrogen-bond donors (Lipinski definition) is 3. The van der Waals surface area contributed by atoms with Crippen molar-refractivity contribution >= 4 is 17.7 Å². The van der Waals surface area contributed by atoms with Crippen molar-refractivity contribution in [3.8, 4) is 0 Å². The number of amides is 1. The van der Waals surface area contributed by atoms with Crippen LogP contribution in [0.1, 0.15) is 29.4 Å². The lowest BCUT2D eigenvalue weighted by atomic mass is 10.1. The number of nitrogens with one attached hydrogen (secondary N) is 1. The number of carbonyl (C=O) groups excluding carboxylic acids is 1. The highest BCUT2D eigenvalue weighted by atomic mass is 16.4. The third-order valence-corrected chi connectivity index (χ3v) is 2.97. The molecule has 21 heavy (non-hydrogen) atoms. The van der Waals surface area contributed by atoms with Gasteiger partial charge in [0.05, 0.1) is 11.3 Å². The molecule has 1 amide bonds. The van der Waals surface area contributed by atoms with Gasteiger partial charge in [-0.15, -0.1) is 0 Å². The van der Waals surface area contributed by atoms with E-state index in [4.69, 9.17) is 10.2 Å². The number of carbonyl (C=O) groups is 2. The molecule has 9 heteroatoms. The Morgan fingerprint density at radius 2 is 2.19 bits per heavy atom. The zero-order valence-electron chi connectivity index (χ0n) is 11.4. The first-order chi connectivity index (χ1) is 10.0. The fourth-order valence-corrected chi connectivity index (χ4v) is 1.90. The van der Waals surface area contributed by atoms with Gasteiger partial charge in [-0.25, -0.2) is 14.3 Å². The quantitative estimate of drug-likeness (QED) is 0.639. The lowest BCUT2D eigenvalue weighted by molar-refractivity contribution is -0.146. The first kappa shape index (κ1) is 14.9. The van der Waals surface area contributed by atoms with Crippen molar-refractivity contribution in [2.45, 2.75) is 25.9 Å². The lowest BCUT2D eigenvalue weighted by Gasteiger charge is -2.10. The van der Waals surface area contributed by atoms with Crippen LogP contribution in [0.5, 0.6) is 0 Å². The molecule has 2 heterocycles. The van der Waals surface area contributed by atoms with Crippen LogP contribution in [-0.2, 0) is 11.2 Å². The number of nitrogens with zero attached hydrogens (tertiary/aromatic N) is 4. The van der Waals surface area contributed by atoms with Crippen LogP contribution in [0.15, 0.2) is 12.5 Å². The molecule has 1 atom stereocenters. The van der Waals surface area contributed by atoms with Gasteiger partial charge in [-0.1, -0.05) is 6.92 Å². The fourth-order valence-electron chi connectivity index (χ4n) is 1.90. The van der Waals surface area contributed by atoms with E-state index in [-0.39, 0.29) is 13.0 Å². The van der Waals surface area contributed by atoms with Crippen molar-refractivity contribution in [1.29, 1.82) is 0 Å². The molecule has 0 aliphatic carbocycles. The van der Waals surface area contributed by atoms with Crippen LogP contribution in [0.25, 0.3) is 5.78 Å². The van der Waals surface area contributed by atoms with E-state index in [9.17, 15) is 9.59 Å². The summed E-state index contributed by atoms with van der Waals surface area (Å²) in [5.41, 5.74) is 1.01. The Hall–Kier alpha value is -2.55. The summed E-state index contributed by atoms with van der Waals surface area (Å²) >= 11 is 0. The second-order valence-electron chi connectivity index (χ2n) is 4.34. The minimum absolute atomic E-state index is 0.0465. The van der Waals surface area contributed by atoms with E-state index in [2.05, 4.69) is 20.4 Å². The average Bonchev–Trinajstić information content (AvgIpc) is 2.94. The lowest BCUT2D eigenvalue weighted by Crippen LogP contribution is -2.31. The van der Waals surface area contributed by atoms with Crippen LogP contribution in [-0.4, -0.2) is 54.3 Å². The predicted octanol–water partition coefficient (Wildman–Crippen LogP) is -0.748. The van der Waals surface area contributed by atoms with Crippen molar-refractivity contribution in [1.82, 2.24) is 24.9 Å². The Morgan fingerprint density at radius 1 is 1.43 bits per heavy atom. The van der Waals surface area contributed by atoms with Gasteiger partial charge in [0, 0.05) is 19.2 Å². The molecule has 0 spiro atoms. The minimum atomic E-state index is -1.49. The maximum absolute atomic E-state index is 12.1. The zero-order valence-corrected chi connectivity index (χ0v) is 11.4. The number of aromatic nitrogens is 4. The second-order valence-corrected chi connectivity index (χ2v) is 4.34. The topological polar surface area (TPSA) is 130 Å². The maximum Gasteiger partial charge on any atom is 0.332 e. The van der Waals surface area contributed by atoms with Crippen molar-refractivity contribution in [3.63, 3.8) is 0 Å². The molecule has 112 valence electrons. The highest BCUT2D eigenvalue weighted by Gasteiger charge is 2.17. The first-order valence-electron chi connectivity index (χ1n) is 6.41. The molecule has 0 saturated carbocycles. The molecule has 0 fully saturated rings. The van der Waals surface area contributed by atoms with E-state index >= 15 is 0 Å². The molecule has 0 aromatic carbocycles. The molecule has 2 aromatic heterocycles. The van der Waals surface area contributed by atoms with Gasteiger partial charge in [-0.3, -0.25) is 4.79 Å². The summed E-state index contributed by atoms with van der Waals surface area (Å²) in [6.45, 7) is 1.92. The van der Waals surface area contributed by atoms with Gasteiger partial charge in [-0.05, 0) is 6.42 Å². The van der Waals surface area contributed by atoms with Crippen LogP contribution in [0.3, 0.4) is 0 Å². The second kappa shape index (κ2) is 6.27. The number of aliphatic hydroxyl groups is 1. The van der Waals surface area contributed by atoms with Crippen molar-refractivity contribution in [3.05, 3.63) is 23.8 Å². The van der Waals surface area contributed by atoms with Crippen molar-refractivity contribution in [2.75, 3.05) is 6.54 Å². The zero-order chi connectivity index (χ0) is 15.4. The summed E-state index contributed by atoms with van der Waals surface area (Å²) < 4.78 is 1.49. The number of aliphatic carboxylic acids is 1. The van der Waals surface area contributed by atoms with E-state index in [1.54, 1.807) is 0 Å². The number of aliphatic hydroxyl groups excluding tert-OH is 1. The van der Waals surface area contributed by atoms with Crippen LogP contribution in [0, 0.1) is 0 Å². The summed E-state index contributed by atoms with van der Waals surface area (Å²) in [4.78, 5) is 30.5. The Bertz CT molecular complexity index is 669. The third-order valence-electron chi connectivity index (χ3n) is 2.97. The fraction of sp³-hybridized carbons (Fsp3) is 0.417. The Balaban J connectivity index is 2.10. The number of carboxylic acids is 1. The van der Waals surface area contributed by atoms with Crippen LogP contribution >= 0.6 is 0 Å². The highest BCUT2D eigenvalue weighted by molar-refractivity contribution is 5.95. The van der Waals surface area contributed by atoms with Crippen molar-refractivity contribution < 1.29 is 19.8 Å². The SMILES string of the molecule is CCc1c(C(=O)NCC[C@H](O)C(=O)O)cnc2ncnn12. The van der Waals surface area contributed by atoms with Gasteiger partial charge in [-0.2, -0.15) is 10.1 Å². The van der Waals surface area contributed by atoms with Gasteiger partial charge in [0.15, 0.2) is 6.10 Å². The molecule has 0 aliphatic heterocycles. The number of fused-ring (bicyclic) bond motifs is 1. The van der Waals surface area contributed by atoms with E-state index in [1.165, 1.54) is 17.0 Å². The van der Waals surface area contributed by atoms with Crippen molar-refractivity contribution in [2.24, 2.45) is 0 Å². The summed E-state index contributed by atoms with van der Waals surface area (Å²) in [5, 5.41) is 24.3. The smallest absolute Gasteiger partial charge is 0.332 e. The molecule has 2 aromatic rings. The molecule has 0 saturated heterocycles. The minimum Gasteiger partial charge on any atom is -0.479 e. The predicted molar refractivity (Wildman–Crippen MR) is 70.8 cm³/mol. The number of aryl methyl sites for hydroxylation is 1. The summed E-state index contributed by atoms with van der Waals surface area (Å²) in [6.07, 6.45) is 1.76. The molecular formula is C12H15N5O4. The standard InChI is InChI=1S/C12H15N5O4/c1-2-8-7(5-14-12-15-6-16-17(8)12)10(19)13-4-3-9(18)11(20)21/h5-6,9,18H,2-4H2,1H3,(H,13,19)(H,20,21)/t9-/m0/s1. The third kappa shape index (κ3) is 3.14. The van der Waals surface area contributed by atoms with Gasteiger partial charge >= 0.3 is 5.97 Å². The summed E-state index contributed by atoms with van der Waals surface area (Å²) in [7, 11) is 0. The van der Waals surface area contributed by atoms with Gasteiger partial charge in [0.1, 0.15) is 6.33 Å². The Kier molecular flexibility index (Phi) is 4.43. The van der Waals surface area contributed by atoms with E-state index in [1.807, 2.05) is 6.92 Å². The number of carboxylic acid groups (broad SMARTS) is 1. The number of hydrogen-bond acceptors (Lipinski definition) is 6. The number of rotatable bonds is 6. The molecular weight excluding hydrogens is 278 g/mol. The average molecular weight is 293 g/mol. The largest absolute Gasteiger partial charge is 0.479 e. The Labute approximate surface area is 119 Å².